The van der Waals surface area contributed by atoms with Crippen molar-refractivity contribution < 1.29 is 14.4 Å². The van der Waals surface area contributed by atoms with E-state index >= 15 is 0 Å². The zero-order valence-electron chi connectivity index (χ0n) is 17.7. The topological polar surface area (TPSA) is 78.5 Å². The Hall–Kier alpha value is -2.37. The Morgan fingerprint density at radius 1 is 1.03 bits per heavy atom. The van der Waals surface area contributed by atoms with Crippen molar-refractivity contribution in [1.82, 2.24) is 15.5 Å². The molecule has 1 aliphatic heterocycles. The number of carbonyl (C=O) groups is 3. The first kappa shape index (κ1) is 21.3. The molecule has 0 aromatic heterocycles. The third kappa shape index (κ3) is 5.81. The number of hydrogen-bond acceptors (Lipinski definition) is 3. The van der Waals surface area contributed by atoms with Gasteiger partial charge < -0.3 is 15.5 Å². The number of nitrogens with one attached hydrogen (secondary N) is 2. The first-order valence-electron chi connectivity index (χ1n) is 10.8. The minimum absolute atomic E-state index is 0.0276. The maximum atomic E-state index is 12.9. The van der Waals surface area contributed by atoms with E-state index in [1.165, 1.54) is 0 Å². The Labute approximate surface area is 173 Å². The number of nitrogens with zero attached hydrogens (tertiary/aromatic N) is 1. The third-order valence-corrected chi connectivity index (χ3v) is 5.82. The molecule has 0 radical (unpaired) electrons. The van der Waals surface area contributed by atoms with Gasteiger partial charge in [-0.1, -0.05) is 31.5 Å². The summed E-state index contributed by atoms with van der Waals surface area (Å²) in [6.07, 6.45) is 3.47. The molecule has 3 amide bonds. The molecule has 1 heterocycles. The molecule has 1 saturated heterocycles. The maximum Gasteiger partial charge on any atom is 0.251 e. The van der Waals surface area contributed by atoms with Crippen LogP contribution in [0.5, 0.6) is 0 Å². The average molecular weight is 400 g/mol. The summed E-state index contributed by atoms with van der Waals surface area (Å²) in [4.78, 5) is 39.9. The number of carbonyl (C=O) groups excluding carboxylic acids is 3. The van der Waals surface area contributed by atoms with Gasteiger partial charge in [-0.3, -0.25) is 14.4 Å². The standard InChI is InChI=1S/C23H33N3O3/c1-15(2)14-24-22(28)20(25-21(27)18-6-4-16(3)5-7-18)17-10-12-26(13-11-17)23(29)19-8-9-19/h4-7,15,17,19-20H,8-14H2,1-3H3,(H,24,28)(H,25,27). The monoisotopic (exact) mass is 399 g/mol. The molecule has 6 heteroatoms. The van der Waals surface area contributed by atoms with Crippen molar-refractivity contribution in [3.8, 4) is 0 Å². The number of likely N-dealkylation sites (tertiary alicyclic amines) is 1. The van der Waals surface area contributed by atoms with Crippen molar-refractivity contribution >= 4 is 17.7 Å². The summed E-state index contributed by atoms with van der Waals surface area (Å²) in [5.41, 5.74) is 1.64. The molecule has 2 fully saturated rings. The molecule has 1 aromatic carbocycles. The normalized spacial score (nSPS) is 18.4. The van der Waals surface area contributed by atoms with E-state index in [-0.39, 0.29) is 29.6 Å². The summed E-state index contributed by atoms with van der Waals surface area (Å²) in [6, 6.07) is 6.77. The first-order chi connectivity index (χ1) is 13.8. The molecule has 3 rings (SSSR count). The lowest BCUT2D eigenvalue weighted by molar-refractivity contribution is -0.134. The highest BCUT2D eigenvalue weighted by molar-refractivity contribution is 5.97. The lowest BCUT2D eigenvalue weighted by Gasteiger charge is -2.36. The molecule has 1 saturated carbocycles. The van der Waals surface area contributed by atoms with Gasteiger partial charge in [-0.2, -0.15) is 0 Å². The van der Waals surface area contributed by atoms with Crippen LogP contribution in [0.25, 0.3) is 0 Å². The fourth-order valence-electron chi connectivity index (χ4n) is 3.78. The number of aryl methyl sites for hydroxylation is 1. The molecule has 1 aliphatic carbocycles. The SMILES string of the molecule is Cc1ccc(C(=O)NC(C(=O)NCC(C)C)C2CCN(C(=O)C3CC3)CC2)cc1. The van der Waals surface area contributed by atoms with Crippen molar-refractivity contribution in [3.63, 3.8) is 0 Å². The fourth-order valence-corrected chi connectivity index (χ4v) is 3.78. The van der Waals surface area contributed by atoms with E-state index in [2.05, 4.69) is 10.6 Å². The molecule has 0 bridgehead atoms. The molecule has 1 aromatic rings. The van der Waals surface area contributed by atoms with Gasteiger partial charge >= 0.3 is 0 Å². The van der Waals surface area contributed by atoms with E-state index in [1.807, 2.05) is 37.8 Å². The molecular weight excluding hydrogens is 366 g/mol. The molecule has 2 N–H and O–H groups in total. The van der Waals surface area contributed by atoms with Crippen LogP contribution in [0.2, 0.25) is 0 Å². The van der Waals surface area contributed by atoms with Crippen molar-refractivity contribution in [2.24, 2.45) is 17.8 Å². The van der Waals surface area contributed by atoms with Crippen LogP contribution < -0.4 is 10.6 Å². The van der Waals surface area contributed by atoms with Crippen LogP contribution in [0.15, 0.2) is 24.3 Å². The van der Waals surface area contributed by atoms with Crippen LogP contribution in [-0.4, -0.2) is 48.3 Å². The van der Waals surface area contributed by atoms with Crippen molar-refractivity contribution in [1.29, 1.82) is 0 Å². The van der Waals surface area contributed by atoms with Gasteiger partial charge in [0, 0.05) is 31.1 Å². The van der Waals surface area contributed by atoms with Crippen molar-refractivity contribution in [2.45, 2.75) is 52.5 Å². The van der Waals surface area contributed by atoms with Crippen LogP contribution in [0.4, 0.5) is 0 Å². The van der Waals surface area contributed by atoms with Crippen molar-refractivity contribution in [3.05, 3.63) is 35.4 Å². The van der Waals surface area contributed by atoms with Gasteiger partial charge in [-0.05, 0) is 56.6 Å². The predicted molar refractivity (Wildman–Crippen MR) is 112 cm³/mol. The smallest absolute Gasteiger partial charge is 0.251 e. The summed E-state index contributed by atoms with van der Waals surface area (Å²) >= 11 is 0. The number of piperidine rings is 1. The molecule has 1 atom stereocenters. The Balaban J connectivity index is 1.65. The van der Waals surface area contributed by atoms with Crippen molar-refractivity contribution in [2.75, 3.05) is 19.6 Å². The highest BCUT2D eigenvalue weighted by Gasteiger charge is 2.38. The largest absolute Gasteiger partial charge is 0.354 e. The minimum atomic E-state index is -0.583. The zero-order chi connectivity index (χ0) is 21.0. The van der Waals surface area contributed by atoms with Gasteiger partial charge in [0.05, 0.1) is 0 Å². The summed E-state index contributed by atoms with van der Waals surface area (Å²) < 4.78 is 0. The quantitative estimate of drug-likeness (QED) is 0.739. The number of amides is 3. The number of hydrogen-bond donors (Lipinski definition) is 2. The van der Waals surface area contributed by atoms with Gasteiger partial charge in [0.2, 0.25) is 11.8 Å². The van der Waals surface area contributed by atoms with Gasteiger partial charge in [-0.15, -0.1) is 0 Å². The zero-order valence-corrected chi connectivity index (χ0v) is 17.7. The molecule has 0 spiro atoms. The second-order valence-corrected chi connectivity index (χ2v) is 8.89. The summed E-state index contributed by atoms with van der Waals surface area (Å²) in [6.45, 7) is 7.96. The van der Waals surface area contributed by atoms with Gasteiger partial charge in [-0.25, -0.2) is 0 Å². The molecule has 1 unspecified atom stereocenters. The Bertz CT molecular complexity index is 732. The van der Waals surface area contributed by atoms with E-state index in [0.29, 0.717) is 31.1 Å². The van der Waals surface area contributed by atoms with E-state index in [0.717, 1.165) is 31.2 Å². The summed E-state index contributed by atoms with van der Waals surface area (Å²) in [7, 11) is 0. The predicted octanol–water partition coefficient (Wildman–Crippen LogP) is 2.51. The van der Waals surface area contributed by atoms with E-state index < -0.39 is 6.04 Å². The fraction of sp³-hybridized carbons (Fsp3) is 0.609. The van der Waals surface area contributed by atoms with E-state index in [4.69, 9.17) is 0 Å². The van der Waals surface area contributed by atoms with Gasteiger partial charge in [0.1, 0.15) is 6.04 Å². The maximum absolute atomic E-state index is 12.9. The summed E-state index contributed by atoms with van der Waals surface area (Å²) in [5.74, 6) is 0.480. The van der Waals surface area contributed by atoms with Crippen LogP contribution in [0, 0.1) is 24.7 Å². The highest BCUT2D eigenvalue weighted by Crippen LogP contribution is 2.33. The van der Waals surface area contributed by atoms with E-state index in [9.17, 15) is 14.4 Å². The van der Waals surface area contributed by atoms with E-state index in [1.54, 1.807) is 12.1 Å². The molecule has 2 aliphatic rings. The number of rotatable bonds is 7. The molecular formula is C23H33N3O3. The average Bonchev–Trinajstić information content (AvgIpc) is 3.55. The summed E-state index contributed by atoms with van der Waals surface area (Å²) in [5, 5.41) is 5.94. The second kappa shape index (κ2) is 9.42. The highest BCUT2D eigenvalue weighted by atomic mass is 16.2. The van der Waals surface area contributed by atoms with Gasteiger partial charge in [0.15, 0.2) is 0 Å². The third-order valence-electron chi connectivity index (χ3n) is 5.82. The van der Waals surface area contributed by atoms with Crippen LogP contribution in [0.1, 0.15) is 55.5 Å². The molecule has 158 valence electrons. The van der Waals surface area contributed by atoms with Crippen LogP contribution in [0.3, 0.4) is 0 Å². The Morgan fingerprint density at radius 3 is 2.21 bits per heavy atom. The van der Waals surface area contributed by atoms with Crippen LogP contribution >= 0.6 is 0 Å². The minimum Gasteiger partial charge on any atom is -0.354 e. The Morgan fingerprint density at radius 2 is 1.66 bits per heavy atom. The first-order valence-corrected chi connectivity index (χ1v) is 10.8. The molecule has 6 nitrogen and oxygen atoms in total. The van der Waals surface area contributed by atoms with Crippen LogP contribution in [-0.2, 0) is 9.59 Å². The lowest BCUT2D eigenvalue weighted by Crippen LogP contribution is -2.54. The number of benzene rings is 1. The Kier molecular flexibility index (Phi) is 6.93. The lowest BCUT2D eigenvalue weighted by atomic mass is 9.88. The second-order valence-electron chi connectivity index (χ2n) is 8.89. The van der Waals surface area contributed by atoms with Gasteiger partial charge in [0.25, 0.3) is 5.91 Å². The molecule has 29 heavy (non-hydrogen) atoms.